The molecule has 2 atom stereocenters. The van der Waals surface area contributed by atoms with Crippen LogP contribution < -0.4 is 5.73 Å². The lowest BCUT2D eigenvalue weighted by Crippen LogP contribution is -2.60. The van der Waals surface area contributed by atoms with Gasteiger partial charge in [0.15, 0.2) is 0 Å². The summed E-state index contributed by atoms with van der Waals surface area (Å²) >= 11 is 0. The minimum absolute atomic E-state index is 0.221. The van der Waals surface area contributed by atoms with Crippen molar-refractivity contribution in [2.24, 2.45) is 11.7 Å². The normalized spacial score (nSPS) is 29.5. The van der Waals surface area contributed by atoms with Gasteiger partial charge in [0.25, 0.3) is 0 Å². The van der Waals surface area contributed by atoms with Gasteiger partial charge in [0.2, 0.25) is 0 Å². The Labute approximate surface area is 113 Å². The molecule has 0 radical (unpaired) electrons. The summed E-state index contributed by atoms with van der Waals surface area (Å²) < 4.78 is 0. The standard InChI is InChI=1S/C15H31N3/c1-13(2)6-7-15(3,12-16)18-10-9-17-8-4-5-14(17)11-18/h13-14H,4-12,16H2,1-3H3. The molecule has 2 N–H and O–H groups in total. The smallest absolute Gasteiger partial charge is 0.0304 e. The molecule has 3 nitrogen and oxygen atoms in total. The minimum atomic E-state index is 0.221. The van der Waals surface area contributed by atoms with Crippen LogP contribution in [-0.4, -0.2) is 54.1 Å². The van der Waals surface area contributed by atoms with Crippen molar-refractivity contribution in [1.29, 1.82) is 0 Å². The summed E-state index contributed by atoms with van der Waals surface area (Å²) in [7, 11) is 0. The maximum atomic E-state index is 6.11. The van der Waals surface area contributed by atoms with Gasteiger partial charge in [-0.3, -0.25) is 9.80 Å². The van der Waals surface area contributed by atoms with Crippen molar-refractivity contribution < 1.29 is 0 Å². The van der Waals surface area contributed by atoms with Crippen molar-refractivity contribution in [2.45, 2.75) is 58.0 Å². The highest BCUT2D eigenvalue weighted by Crippen LogP contribution is 2.29. The fourth-order valence-electron chi connectivity index (χ4n) is 3.47. The Morgan fingerprint density at radius 2 is 2.06 bits per heavy atom. The molecule has 2 saturated heterocycles. The third kappa shape index (κ3) is 3.06. The van der Waals surface area contributed by atoms with Gasteiger partial charge < -0.3 is 5.73 Å². The van der Waals surface area contributed by atoms with Crippen LogP contribution in [0.25, 0.3) is 0 Å². The zero-order valence-electron chi connectivity index (χ0n) is 12.5. The molecule has 0 aromatic carbocycles. The van der Waals surface area contributed by atoms with Crippen molar-refractivity contribution in [3.8, 4) is 0 Å². The molecule has 106 valence electrons. The van der Waals surface area contributed by atoms with Crippen molar-refractivity contribution in [3.05, 3.63) is 0 Å². The summed E-state index contributed by atoms with van der Waals surface area (Å²) in [5.41, 5.74) is 6.33. The summed E-state index contributed by atoms with van der Waals surface area (Å²) in [5.74, 6) is 0.781. The zero-order valence-corrected chi connectivity index (χ0v) is 12.5. The Bertz CT molecular complexity index is 266. The Kier molecular flexibility index (Phi) is 4.68. The molecule has 0 aromatic heterocycles. The van der Waals surface area contributed by atoms with E-state index in [0.29, 0.717) is 0 Å². The first kappa shape index (κ1) is 14.3. The highest BCUT2D eigenvalue weighted by molar-refractivity contribution is 4.95. The van der Waals surface area contributed by atoms with Gasteiger partial charge in [-0.05, 0) is 45.1 Å². The molecule has 0 aliphatic carbocycles. The summed E-state index contributed by atoms with van der Waals surface area (Å²) in [6.45, 7) is 12.8. The first-order valence-corrected chi connectivity index (χ1v) is 7.74. The first-order chi connectivity index (χ1) is 8.55. The summed E-state index contributed by atoms with van der Waals surface area (Å²) in [6, 6.07) is 0.809. The van der Waals surface area contributed by atoms with Gasteiger partial charge >= 0.3 is 0 Å². The van der Waals surface area contributed by atoms with Crippen LogP contribution >= 0.6 is 0 Å². The van der Waals surface area contributed by atoms with Crippen molar-refractivity contribution in [1.82, 2.24) is 9.80 Å². The fourth-order valence-corrected chi connectivity index (χ4v) is 3.47. The first-order valence-electron chi connectivity index (χ1n) is 7.74. The van der Waals surface area contributed by atoms with E-state index in [2.05, 4.69) is 30.6 Å². The average molecular weight is 253 g/mol. The number of hydrogen-bond acceptors (Lipinski definition) is 3. The van der Waals surface area contributed by atoms with E-state index in [-0.39, 0.29) is 5.54 Å². The molecule has 0 amide bonds. The number of nitrogens with zero attached hydrogens (tertiary/aromatic N) is 2. The number of piperazine rings is 1. The van der Waals surface area contributed by atoms with E-state index < -0.39 is 0 Å². The van der Waals surface area contributed by atoms with Crippen molar-refractivity contribution in [2.75, 3.05) is 32.7 Å². The fraction of sp³-hybridized carbons (Fsp3) is 1.00. The lowest BCUT2D eigenvalue weighted by Gasteiger charge is -2.47. The lowest BCUT2D eigenvalue weighted by molar-refractivity contribution is 0.0203. The van der Waals surface area contributed by atoms with Crippen LogP contribution in [0.1, 0.15) is 46.5 Å². The van der Waals surface area contributed by atoms with Crippen LogP contribution in [-0.2, 0) is 0 Å². The lowest BCUT2D eigenvalue weighted by atomic mass is 9.89. The van der Waals surface area contributed by atoms with E-state index in [4.69, 9.17) is 5.73 Å². The largest absolute Gasteiger partial charge is 0.329 e. The molecule has 0 aromatic rings. The molecule has 0 saturated carbocycles. The number of hydrogen-bond donors (Lipinski definition) is 1. The molecule has 3 heteroatoms. The van der Waals surface area contributed by atoms with Crippen molar-refractivity contribution in [3.63, 3.8) is 0 Å². The quantitative estimate of drug-likeness (QED) is 0.812. The molecule has 2 unspecified atom stereocenters. The molecule has 2 rings (SSSR count). The highest BCUT2D eigenvalue weighted by atomic mass is 15.3. The van der Waals surface area contributed by atoms with Gasteiger partial charge in [0.05, 0.1) is 0 Å². The molecule has 2 aliphatic heterocycles. The van der Waals surface area contributed by atoms with Crippen LogP contribution in [0.5, 0.6) is 0 Å². The van der Waals surface area contributed by atoms with E-state index >= 15 is 0 Å². The molecule has 18 heavy (non-hydrogen) atoms. The van der Waals surface area contributed by atoms with E-state index in [9.17, 15) is 0 Å². The number of nitrogens with two attached hydrogens (primary N) is 1. The van der Waals surface area contributed by atoms with Gasteiger partial charge in [-0.1, -0.05) is 13.8 Å². The van der Waals surface area contributed by atoms with E-state index in [1.807, 2.05) is 0 Å². The molecule has 2 aliphatic rings. The topological polar surface area (TPSA) is 32.5 Å². The number of rotatable bonds is 5. The summed E-state index contributed by atoms with van der Waals surface area (Å²) in [4.78, 5) is 5.36. The van der Waals surface area contributed by atoms with E-state index in [1.165, 1.54) is 51.9 Å². The Hall–Kier alpha value is -0.120. The van der Waals surface area contributed by atoms with Gasteiger partial charge in [-0.25, -0.2) is 0 Å². The predicted molar refractivity (Wildman–Crippen MR) is 77.7 cm³/mol. The molecule has 2 heterocycles. The molecule has 0 bridgehead atoms. The van der Waals surface area contributed by atoms with Gasteiger partial charge in [-0.2, -0.15) is 0 Å². The SMILES string of the molecule is CC(C)CCC(C)(CN)N1CCN2CCCC2C1. The predicted octanol–water partition coefficient (Wildman–Crippen LogP) is 1.92. The van der Waals surface area contributed by atoms with Crippen LogP contribution in [0.4, 0.5) is 0 Å². The maximum absolute atomic E-state index is 6.11. The van der Waals surface area contributed by atoms with Gasteiger partial charge in [-0.15, -0.1) is 0 Å². The second kappa shape index (κ2) is 5.89. The molecule has 2 fully saturated rings. The maximum Gasteiger partial charge on any atom is 0.0304 e. The second-order valence-electron chi connectivity index (χ2n) is 6.91. The average Bonchev–Trinajstić information content (AvgIpc) is 2.83. The molecular weight excluding hydrogens is 222 g/mol. The second-order valence-corrected chi connectivity index (χ2v) is 6.91. The van der Waals surface area contributed by atoms with E-state index in [1.54, 1.807) is 0 Å². The van der Waals surface area contributed by atoms with E-state index in [0.717, 1.165) is 18.5 Å². The minimum Gasteiger partial charge on any atom is -0.329 e. The number of fused-ring (bicyclic) bond motifs is 1. The monoisotopic (exact) mass is 253 g/mol. The van der Waals surface area contributed by atoms with Crippen LogP contribution in [0.3, 0.4) is 0 Å². The third-order valence-corrected chi connectivity index (χ3v) is 5.05. The molecular formula is C15H31N3. The summed E-state index contributed by atoms with van der Waals surface area (Å²) in [5, 5.41) is 0. The highest BCUT2D eigenvalue weighted by Gasteiger charge is 2.38. The Morgan fingerprint density at radius 1 is 1.28 bits per heavy atom. The van der Waals surface area contributed by atoms with Gasteiger partial charge in [0, 0.05) is 37.8 Å². The van der Waals surface area contributed by atoms with Crippen LogP contribution in [0.15, 0.2) is 0 Å². The van der Waals surface area contributed by atoms with Crippen LogP contribution in [0.2, 0.25) is 0 Å². The Morgan fingerprint density at radius 3 is 2.72 bits per heavy atom. The van der Waals surface area contributed by atoms with Crippen LogP contribution in [0, 0.1) is 5.92 Å². The van der Waals surface area contributed by atoms with Crippen molar-refractivity contribution >= 4 is 0 Å². The van der Waals surface area contributed by atoms with Gasteiger partial charge in [0.1, 0.15) is 0 Å². The Balaban J connectivity index is 1.94. The molecule has 0 spiro atoms. The summed E-state index contributed by atoms with van der Waals surface area (Å²) in [6.07, 6.45) is 5.32. The zero-order chi connectivity index (χ0) is 13.2. The third-order valence-electron chi connectivity index (χ3n) is 5.05.